The summed E-state index contributed by atoms with van der Waals surface area (Å²) in [5, 5.41) is 6.04. The Bertz CT molecular complexity index is 554. The van der Waals surface area contributed by atoms with Gasteiger partial charge in [-0.25, -0.2) is 0 Å². The monoisotopic (exact) mass is 363 g/mol. The van der Waals surface area contributed by atoms with Crippen molar-refractivity contribution >= 4 is 29.3 Å². The van der Waals surface area contributed by atoms with Crippen LogP contribution in [-0.4, -0.2) is 54.9 Å². The lowest BCUT2D eigenvalue weighted by atomic mass is 9.93. The summed E-state index contributed by atoms with van der Waals surface area (Å²) in [5.41, 5.74) is 1.96. The number of carbonyl (C=O) groups is 2. The fraction of sp³-hybridized carbons (Fsp3) is 0.579. The van der Waals surface area contributed by atoms with Crippen LogP contribution in [0.2, 0.25) is 0 Å². The first-order valence-corrected chi connectivity index (χ1v) is 10.1. The van der Waals surface area contributed by atoms with Gasteiger partial charge in [-0.05, 0) is 57.8 Å². The Kier molecular flexibility index (Phi) is 8.28. The zero-order valence-corrected chi connectivity index (χ0v) is 16.0. The fourth-order valence-electron chi connectivity index (χ4n) is 2.98. The Labute approximate surface area is 154 Å². The zero-order chi connectivity index (χ0) is 18.1. The molecule has 1 aromatic rings. The van der Waals surface area contributed by atoms with Crippen molar-refractivity contribution in [1.82, 2.24) is 10.2 Å². The number of amides is 2. The van der Waals surface area contributed by atoms with Crippen molar-refractivity contribution in [3.05, 3.63) is 29.8 Å². The Balaban J connectivity index is 1.62. The second-order valence-electron chi connectivity index (χ2n) is 6.62. The molecular weight excluding hydrogens is 334 g/mol. The average molecular weight is 364 g/mol. The molecule has 1 fully saturated rings. The van der Waals surface area contributed by atoms with Crippen LogP contribution < -0.4 is 10.6 Å². The standard InChI is InChI=1S/C19H29N3O2S/c1-15-3-5-17(6-4-15)21-18(23)13-25-14-19(24)22-11-8-16(9-12-22)7-10-20-2/h3-6,16,20H,7-14H2,1-2H3,(H,21,23). The molecule has 2 amide bonds. The molecule has 0 spiro atoms. The number of anilines is 1. The van der Waals surface area contributed by atoms with Crippen LogP contribution >= 0.6 is 11.8 Å². The van der Waals surface area contributed by atoms with Crippen LogP contribution in [0.4, 0.5) is 5.69 Å². The highest BCUT2D eigenvalue weighted by atomic mass is 32.2. The molecule has 6 heteroatoms. The molecule has 2 rings (SSSR count). The summed E-state index contributed by atoms with van der Waals surface area (Å²) < 4.78 is 0. The van der Waals surface area contributed by atoms with Gasteiger partial charge in [0.25, 0.3) is 0 Å². The topological polar surface area (TPSA) is 61.4 Å². The van der Waals surface area contributed by atoms with Gasteiger partial charge in [0.1, 0.15) is 0 Å². The molecule has 0 aliphatic carbocycles. The van der Waals surface area contributed by atoms with Gasteiger partial charge in [0.2, 0.25) is 11.8 Å². The lowest BCUT2D eigenvalue weighted by molar-refractivity contribution is -0.129. The van der Waals surface area contributed by atoms with Gasteiger partial charge in [0.15, 0.2) is 0 Å². The van der Waals surface area contributed by atoms with E-state index in [0.717, 1.165) is 49.6 Å². The molecule has 0 aromatic heterocycles. The molecule has 1 saturated heterocycles. The highest BCUT2D eigenvalue weighted by molar-refractivity contribution is 8.00. The lowest BCUT2D eigenvalue weighted by Crippen LogP contribution is -2.40. The Morgan fingerprint density at radius 2 is 1.84 bits per heavy atom. The number of piperidine rings is 1. The van der Waals surface area contributed by atoms with Crippen LogP contribution in [0, 0.1) is 12.8 Å². The normalized spacial score (nSPS) is 15.2. The van der Waals surface area contributed by atoms with E-state index in [1.807, 2.05) is 43.1 Å². The third-order valence-corrected chi connectivity index (χ3v) is 5.48. The van der Waals surface area contributed by atoms with Crippen LogP contribution in [0.25, 0.3) is 0 Å². The van der Waals surface area contributed by atoms with E-state index in [9.17, 15) is 9.59 Å². The molecule has 0 unspecified atom stereocenters. The summed E-state index contributed by atoms with van der Waals surface area (Å²) in [6.07, 6.45) is 3.37. The van der Waals surface area contributed by atoms with E-state index in [1.165, 1.54) is 18.2 Å². The first-order chi connectivity index (χ1) is 12.1. The first kappa shape index (κ1) is 19.8. The molecular formula is C19H29N3O2S. The smallest absolute Gasteiger partial charge is 0.234 e. The van der Waals surface area contributed by atoms with Crippen molar-refractivity contribution in [2.75, 3.05) is 43.5 Å². The summed E-state index contributed by atoms with van der Waals surface area (Å²) in [7, 11) is 1.98. The summed E-state index contributed by atoms with van der Waals surface area (Å²) >= 11 is 1.39. The molecule has 1 aliphatic heterocycles. The molecule has 0 radical (unpaired) electrons. The van der Waals surface area contributed by atoms with E-state index < -0.39 is 0 Å². The van der Waals surface area contributed by atoms with Gasteiger partial charge >= 0.3 is 0 Å². The number of nitrogens with one attached hydrogen (secondary N) is 2. The molecule has 0 atom stereocenters. The van der Waals surface area contributed by atoms with Gasteiger partial charge in [-0.1, -0.05) is 17.7 Å². The van der Waals surface area contributed by atoms with Gasteiger partial charge in [0, 0.05) is 18.8 Å². The lowest BCUT2D eigenvalue weighted by Gasteiger charge is -2.32. The number of likely N-dealkylation sites (tertiary alicyclic amines) is 1. The third kappa shape index (κ3) is 7.08. The number of aryl methyl sites for hydroxylation is 1. The van der Waals surface area contributed by atoms with Gasteiger partial charge in [0.05, 0.1) is 11.5 Å². The number of carbonyl (C=O) groups excluding carboxylic acids is 2. The molecule has 1 aliphatic rings. The number of nitrogens with zero attached hydrogens (tertiary/aromatic N) is 1. The maximum atomic E-state index is 12.3. The third-order valence-electron chi connectivity index (χ3n) is 4.56. The number of hydrogen-bond acceptors (Lipinski definition) is 4. The second-order valence-corrected chi connectivity index (χ2v) is 7.61. The van der Waals surface area contributed by atoms with Crippen molar-refractivity contribution in [2.24, 2.45) is 5.92 Å². The minimum Gasteiger partial charge on any atom is -0.342 e. The molecule has 5 nitrogen and oxygen atoms in total. The van der Waals surface area contributed by atoms with Crippen molar-refractivity contribution < 1.29 is 9.59 Å². The Morgan fingerprint density at radius 1 is 1.16 bits per heavy atom. The minimum atomic E-state index is -0.0626. The van der Waals surface area contributed by atoms with Gasteiger partial charge in [-0.2, -0.15) is 0 Å². The van der Waals surface area contributed by atoms with Crippen LogP contribution in [0.5, 0.6) is 0 Å². The largest absolute Gasteiger partial charge is 0.342 e. The Morgan fingerprint density at radius 3 is 2.48 bits per heavy atom. The number of hydrogen-bond donors (Lipinski definition) is 2. The summed E-state index contributed by atoms with van der Waals surface area (Å²) in [5.74, 6) is 1.50. The van der Waals surface area contributed by atoms with Gasteiger partial charge in [-0.15, -0.1) is 11.8 Å². The van der Waals surface area contributed by atoms with E-state index in [1.54, 1.807) is 0 Å². The van der Waals surface area contributed by atoms with Crippen LogP contribution in [0.3, 0.4) is 0 Å². The first-order valence-electron chi connectivity index (χ1n) is 8.95. The van der Waals surface area contributed by atoms with E-state index in [4.69, 9.17) is 0 Å². The number of rotatable bonds is 8. The highest BCUT2D eigenvalue weighted by Crippen LogP contribution is 2.20. The van der Waals surface area contributed by atoms with Gasteiger partial charge in [-0.3, -0.25) is 9.59 Å². The summed E-state index contributed by atoms with van der Waals surface area (Å²) in [6.45, 7) is 4.76. The summed E-state index contributed by atoms with van der Waals surface area (Å²) in [4.78, 5) is 26.1. The maximum absolute atomic E-state index is 12.3. The second kappa shape index (κ2) is 10.5. The molecule has 138 valence electrons. The molecule has 0 bridgehead atoms. The Hall–Kier alpha value is -1.53. The quantitative estimate of drug-likeness (QED) is 0.745. The molecule has 0 saturated carbocycles. The van der Waals surface area contributed by atoms with E-state index in [-0.39, 0.29) is 11.8 Å². The molecule has 25 heavy (non-hydrogen) atoms. The van der Waals surface area contributed by atoms with Crippen LogP contribution in [0.15, 0.2) is 24.3 Å². The predicted octanol–water partition coefficient (Wildman–Crippen LogP) is 2.51. The zero-order valence-electron chi connectivity index (χ0n) is 15.2. The van der Waals surface area contributed by atoms with Gasteiger partial charge < -0.3 is 15.5 Å². The number of benzene rings is 1. The highest BCUT2D eigenvalue weighted by Gasteiger charge is 2.22. The number of thioether (sulfide) groups is 1. The molecule has 1 heterocycles. The van der Waals surface area contributed by atoms with E-state index >= 15 is 0 Å². The minimum absolute atomic E-state index is 0.0626. The fourth-order valence-corrected chi connectivity index (χ4v) is 3.69. The van der Waals surface area contributed by atoms with Crippen LogP contribution in [0.1, 0.15) is 24.8 Å². The van der Waals surface area contributed by atoms with Crippen molar-refractivity contribution in [3.63, 3.8) is 0 Å². The SMILES string of the molecule is CNCCC1CCN(C(=O)CSCC(=O)Nc2ccc(C)cc2)CC1. The average Bonchev–Trinajstić information content (AvgIpc) is 2.62. The molecule has 2 N–H and O–H groups in total. The molecule has 1 aromatic carbocycles. The van der Waals surface area contributed by atoms with E-state index in [0.29, 0.717) is 11.5 Å². The van der Waals surface area contributed by atoms with Crippen LogP contribution in [-0.2, 0) is 9.59 Å². The predicted molar refractivity (Wildman–Crippen MR) is 105 cm³/mol. The maximum Gasteiger partial charge on any atom is 0.234 e. The van der Waals surface area contributed by atoms with Crippen molar-refractivity contribution in [1.29, 1.82) is 0 Å². The summed E-state index contributed by atoms with van der Waals surface area (Å²) in [6, 6.07) is 7.71. The van der Waals surface area contributed by atoms with Crippen molar-refractivity contribution in [3.8, 4) is 0 Å². The van der Waals surface area contributed by atoms with Crippen molar-refractivity contribution in [2.45, 2.75) is 26.2 Å². The van der Waals surface area contributed by atoms with E-state index in [2.05, 4.69) is 10.6 Å².